The second-order valence-electron chi connectivity index (χ2n) is 6.39. The van der Waals surface area contributed by atoms with E-state index in [2.05, 4.69) is 5.32 Å². The number of anilines is 1. The molecule has 0 fully saturated rings. The lowest BCUT2D eigenvalue weighted by Crippen LogP contribution is -2.32. The van der Waals surface area contributed by atoms with E-state index in [1.54, 1.807) is 18.2 Å². The van der Waals surface area contributed by atoms with Crippen LogP contribution in [0.1, 0.15) is 18.7 Å². The molecule has 1 aliphatic rings. The Labute approximate surface area is 151 Å². The maximum absolute atomic E-state index is 12.4. The van der Waals surface area contributed by atoms with Crippen molar-refractivity contribution in [1.82, 2.24) is 4.90 Å². The van der Waals surface area contributed by atoms with Crippen LogP contribution in [0.15, 0.2) is 52.9 Å². The van der Waals surface area contributed by atoms with Crippen molar-refractivity contribution < 1.29 is 18.7 Å². The number of amides is 1. The number of nitrogens with one attached hydrogen (secondary N) is 1. The predicted molar refractivity (Wildman–Crippen MR) is 98.5 cm³/mol. The van der Waals surface area contributed by atoms with Gasteiger partial charge in [-0.1, -0.05) is 18.2 Å². The molecule has 26 heavy (non-hydrogen) atoms. The zero-order valence-electron chi connectivity index (χ0n) is 14.7. The normalized spacial score (nSPS) is 14.0. The van der Waals surface area contributed by atoms with Gasteiger partial charge in [0.15, 0.2) is 11.5 Å². The van der Waals surface area contributed by atoms with Crippen molar-refractivity contribution in [1.29, 1.82) is 0 Å². The Morgan fingerprint density at radius 3 is 2.81 bits per heavy atom. The van der Waals surface area contributed by atoms with Gasteiger partial charge in [0.25, 0.3) is 0 Å². The summed E-state index contributed by atoms with van der Waals surface area (Å²) in [6.45, 7) is 2.47. The minimum Gasteiger partial charge on any atom is -0.459 e. The first-order valence-corrected chi connectivity index (χ1v) is 8.48. The molecule has 1 aromatic heterocycles. The molecule has 0 aliphatic carbocycles. The predicted octanol–water partition coefficient (Wildman–Crippen LogP) is 3.79. The lowest BCUT2D eigenvalue weighted by molar-refractivity contribution is -0.117. The maximum Gasteiger partial charge on any atom is 0.238 e. The zero-order chi connectivity index (χ0) is 18.1. The molecule has 1 aliphatic heterocycles. The van der Waals surface area contributed by atoms with Crippen LogP contribution >= 0.6 is 0 Å². The van der Waals surface area contributed by atoms with Crippen molar-refractivity contribution in [3.63, 3.8) is 0 Å². The van der Waals surface area contributed by atoms with Gasteiger partial charge in [-0.3, -0.25) is 9.69 Å². The number of likely N-dealkylation sites (N-methyl/N-ethyl adjacent to an activating group) is 1. The summed E-state index contributed by atoms with van der Waals surface area (Å²) in [4.78, 5) is 14.3. The fourth-order valence-electron chi connectivity index (χ4n) is 2.96. The summed E-state index contributed by atoms with van der Waals surface area (Å²) in [5.74, 6) is 2.07. The van der Waals surface area contributed by atoms with Crippen molar-refractivity contribution in [2.45, 2.75) is 13.0 Å². The van der Waals surface area contributed by atoms with E-state index in [9.17, 15) is 4.79 Å². The van der Waals surface area contributed by atoms with Gasteiger partial charge in [-0.05, 0) is 38.2 Å². The third kappa shape index (κ3) is 3.23. The summed E-state index contributed by atoms with van der Waals surface area (Å²) in [7, 11) is 1.90. The van der Waals surface area contributed by atoms with Crippen LogP contribution in [0.4, 0.5) is 5.69 Å². The van der Waals surface area contributed by atoms with Gasteiger partial charge in [-0.25, -0.2) is 0 Å². The Morgan fingerprint density at radius 2 is 1.96 bits per heavy atom. The molecule has 0 saturated heterocycles. The van der Waals surface area contributed by atoms with Crippen molar-refractivity contribution in [2.75, 3.05) is 25.7 Å². The van der Waals surface area contributed by atoms with Crippen molar-refractivity contribution in [3.05, 3.63) is 54.3 Å². The topological polar surface area (TPSA) is 63.9 Å². The minimum absolute atomic E-state index is 0.0232. The Hall–Kier alpha value is -2.99. The molecule has 1 amide bonds. The van der Waals surface area contributed by atoms with Crippen LogP contribution in [0.5, 0.6) is 11.5 Å². The fraction of sp³-hybridized carbons (Fsp3) is 0.250. The van der Waals surface area contributed by atoms with Crippen LogP contribution in [0, 0.1) is 0 Å². The second kappa shape index (κ2) is 6.72. The number of rotatable bonds is 5. The molecule has 3 aromatic rings. The van der Waals surface area contributed by atoms with Crippen LogP contribution in [-0.4, -0.2) is 31.2 Å². The Balaban J connectivity index is 1.40. The summed E-state index contributed by atoms with van der Waals surface area (Å²) < 4.78 is 16.5. The molecule has 1 atom stereocenters. The molecule has 134 valence electrons. The second-order valence-corrected chi connectivity index (χ2v) is 6.39. The number of ether oxygens (including phenoxy) is 2. The van der Waals surface area contributed by atoms with Crippen LogP contribution in [0.3, 0.4) is 0 Å². The molecular weight excluding hydrogens is 332 g/mol. The maximum atomic E-state index is 12.4. The Bertz CT molecular complexity index is 917. The molecule has 0 radical (unpaired) electrons. The van der Waals surface area contributed by atoms with E-state index in [0.717, 1.165) is 16.7 Å². The van der Waals surface area contributed by atoms with E-state index in [-0.39, 0.29) is 25.3 Å². The molecule has 6 nitrogen and oxygen atoms in total. The van der Waals surface area contributed by atoms with E-state index in [1.165, 1.54) is 0 Å². The molecule has 6 heteroatoms. The number of nitrogens with zero attached hydrogens (tertiary/aromatic N) is 1. The van der Waals surface area contributed by atoms with Crippen LogP contribution in [0.2, 0.25) is 0 Å². The number of fused-ring (bicyclic) bond motifs is 2. The number of furan rings is 1. The van der Waals surface area contributed by atoms with Crippen LogP contribution < -0.4 is 14.8 Å². The van der Waals surface area contributed by atoms with Crippen LogP contribution in [-0.2, 0) is 4.79 Å². The first kappa shape index (κ1) is 16.5. The van der Waals surface area contributed by atoms with E-state index < -0.39 is 0 Å². The molecule has 0 spiro atoms. The summed E-state index contributed by atoms with van der Waals surface area (Å²) in [6.07, 6.45) is 0. The van der Waals surface area contributed by atoms with Crippen LogP contribution in [0.25, 0.3) is 11.0 Å². The largest absolute Gasteiger partial charge is 0.459 e. The summed E-state index contributed by atoms with van der Waals surface area (Å²) in [6, 6.07) is 15.2. The molecule has 4 rings (SSSR count). The first-order valence-electron chi connectivity index (χ1n) is 8.48. The minimum atomic E-state index is -0.102. The van der Waals surface area contributed by atoms with Gasteiger partial charge in [0.2, 0.25) is 12.7 Å². The molecule has 2 heterocycles. The van der Waals surface area contributed by atoms with E-state index in [4.69, 9.17) is 13.9 Å². The number of carbonyl (C=O) groups excluding carboxylic acids is 1. The lowest BCUT2D eigenvalue weighted by atomic mass is 10.2. The highest BCUT2D eigenvalue weighted by Gasteiger charge is 2.19. The van der Waals surface area contributed by atoms with Gasteiger partial charge in [-0.15, -0.1) is 0 Å². The van der Waals surface area contributed by atoms with Crippen molar-refractivity contribution >= 4 is 22.6 Å². The molecule has 0 saturated carbocycles. The SMILES string of the molecule is C[C@@H](c1cc2ccccc2o1)N(C)CC(=O)Nc1ccc2c(c1)OCO2. The Kier molecular flexibility index (Phi) is 4.26. The lowest BCUT2D eigenvalue weighted by Gasteiger charge is -2.22. The summed E-state index contributed by atoms with van der Waals surface area (Å²) in [5.41, 5.74) is 1.54. The average molecular weight is 352 g/mol. The highest BCUT2D eigenvalue weighted by Crippen LogP contribution is 2.34. The molecule has 0 bridgehead atoms. The summed E-state index contributed by atoms with van der Waals surface area (Å²) in [5, 5.41) is 3.95. The van der Waals surface area contributed by atoms with Gasteiger partial charge in [-0.2, -0.15) is 0 Å². The van der Waals surface area contributed by atoms with Crippen molar-refractivity contribution in [2.24, 2.45) is 0 Å². The van der Waals surface area contributed by atoms with E-state index in [0.29, 0.717) is 17.2 Å². The highest BCUT2D eigenvalue weighted by atomic mass is 16.7. The first-order chi connectivity index (χ1) is 12.6. The third-order valence-corrected chi connectivity index (χ3v) is 4.57. The van der Waals surface area contributed by atoms with Crippen molar-refractivity contribution in [3.8, 4) is 11.5 Å². The zero-order valence-corrected chi connectivity index (χ0v) is 14.7. The fourth-order valence-corrected chi connectivity index (χ4v) is 2.96. The third-order valence-electron chi connectivity index (χ3n) is 4.57. The quantitative estimate of drug-likeness (QED) is 0.757. The van der Waals surface area contributed by atoms with E-state index in [1.807, 2.05) is 49.2 Å². The van der Waals surface area contributed by atoms with E-state index >= 15 is 0 Å². The number of carbonyl (C=O) groups is 1. The smallest absolute Gasteiger partial charge is 0.238 e. The monoisotopic (exact) mass is 352 g/mol. The summed E-state index contributed by atoms with van der Waals surface area (Å²) >= 11 is 0. The molecule has 2 aromatic carbocycles. The van der Waals surface area contributed by atoms with Gasteiger partial charge < -0.3 is 19.2 Å². The molecular formula is C20H20N2O4. The van der Waals surface area contributed by atoms with Gasteiger partial charge in [0, 0.05) is 17.1 Å². The number of benzene rings is 2. The number of hydrogen-bond donors (Lipinski definition) is 1. The number of para-hydroxylation sites is 1. The average Bonchev–Trinajstić information content (AvgIpc) is 3.26. The van der Waals surface area contributed by atoms with Gasteiger partial charge in [0.1, 0.15) is 11.3 Å². The molecule has 0 unspecified atom stereocenters. The highest BCUT2D eigenvalue weighted by molar-refractivity contribution is 5.92. The van der Waals surface area contributed by atoms with Gasteiger partial charge in [0.05, 0.1) is 12.6 Å². The molecule has 1 N–H and O–H groups in total. The standard InChI is InChI=1S/C20H20N2O4/c1-13(18-9-14-5-3-4-6-16(14)26-18)22(2)11-20(23)21-15-7-8-17-19(10-15)25-12-24-17/h3-10,13H,11-12H2,1-2H3,(H,21,23)/t13-/m0/s1. The number of hydrogen-bond acceptors (Lipinski definition) is 5. The Morgan fingerprint density at radius 1 is 1.15 bits per heavy atom. The van der Waals surface area contributed by atoms with Gasteiger partial charge >= 0.3 is 0 Å².